The summed E-state index contributed by atoms with van der Waals surface area (Å²) in [5.41, 5.74) is 5.63. The fourth-order valence-corrected chi connectivity index (χ4v) is 4.40. The van der Waals surface area contributed by atoms with Crippen molar-refractivity contribution >= 4 is 72.7 Å². The van der Waals surface area contributed by atoms with E-state index in [4.69, 9.17) is 31.3 Å². The van der Waals surface area contributed by atoms with E-state index in [-0.39, 0.29) is 51.6 Å². The highest BCUT2D eigenvalue weighted by Crippen LogP contribution is 2.33. The van der Waals surface area contributed by atoms with Gasteiger partial charge < -0.3 is 16.4 Å². The molecule has 35 heavy (non-hydrogen) atoms. The van der Waals surface area contributed by atoms with Crippen molar-refractivity contribution in [2.24, 2.45) is 16.0 Å². The molecule has 0 aromatic heterocycles. The Labute approximate surface area is 208 Å². The van der Waals surface area contributed by atoms with E-state index in [2.05, 4.69) is 30.2 Å². The van der Waals surface area contributed by atoms with Crippen LogP contribution in [0.5, 0.6) is 0 Å². The molecule has 0 aliphatic heterocycles. The number of urea groups is 1. The molecule has 0 bridgehead atoms. The number of azo groups is 1. The van der Waals surface area contributed by atoms with Gasteiger partial charge in [0.1, 0.15) is 17.3 Å². The number of hydrogen-bond donors (Lipinski definition) is 5. The van der Waals surface area contributed by atoms with E-state index in [1.165, 1.54) is 30.3 Å². The van der Waals surface area contributed by atoms with Gasteiger partial charge in [0, 0.05) is 5.69 Å². The number of sulfone groups is 1. The monoisotopic (exact) mass is 571 g/mol. The predicted octanol–water partition coefficient (Wildman–Crippen LogP) is 3.28. The standard InChI is InChI=1S/C16H18ClN5O10S3/c17-12-8-11(34(25,26)6-5-30-33-32-31-24)2-4-13(12)21-22-14-3-1-10(19-9-35(27,28)29)7-15(14)20-16(18)23/h1-4,7-8,19,24H,5-6,9H2,(H3,18,20,23)(H,27,28,29)/b22-21+. The van der Waals surface area contributed by atoms with Gasteiger partial charge in [0.05, 0.1) is 28.0 Å². The number of rotatable bonds is 13. The highest BCUT2D eigenvalue weighted by atomic mass is 35.5. The molecule has 0 aliphatic carbocycles. The van der Waals surface area contributed by atoms with E-state index in [9.17, 15) is 21.6 Å². The quantitative estimate of drug-likeness (QED) is 0.0582. The summed E-state index contributed by atoms with van der Waals surface area (Å²) in [5.74, 6) is -1.20. The van der Waals surface area contributed by atoms with Crippen molar-refractivity contribution < 1.29 is 45.0 Å². The molecule has 0 saturated carbocycles. The first kappa shape index (κ1) is 28.7. The first-order chi connectivity index (χ1) is 16.4. The molecule has 6 N–H and O–H groups in total. The van der Waals surface area contributed by atoms with Crippen LogP contribution in [0.1, 0.15) is 0 Å². The summed E-state index contributed by atoms with van der Waals surface area (Å²) in [5, 5.41) is 23.9. The minimum atomic E-state index is -4.29. The number of amides is 2. The highest BCUT2D eigenvalue weighted by molar-refractivity contribution is 7.91. The zero-order valence-electron chi connectivity index (χ0n) is 17.3. The summed E-state index contributed by atoms with van der Waals surface area (Å²) in [6.07, 6.45) is 0. The molecule has 0 fully saturated rings. The molecule has 15 nitrogen and oxygen atoms in total. The molecule has 0 aliphatic rings. The number of nitrogens with zero attached hydrogens (tertiary/aromatic N) is 2. The number of carbonyl (C=O) groups excluding carboxylic acids is 1. The Balaban J connectivity index is 2.20. The molecule has 192 valence electrons. The second kappa shape index (κ2) is 13.0. The van der Waals surface area contributed by atoms with Gasteiger partial charge in [-0.25, -0.2) is 18.5 Å². The Morgan fingerprint density at radius 3 is 2.43 bits per heavy atom. The van der Waals surface area contributed by atoms with E-state index >= 15 is 0 Å². The third-order valence-corrected chi connectivity index (χ3v) is 6.67. The smallest absolute Gasteiger partial charge is 0.316 e. The first-order valence-corrected chi connectivity index (χ1v) is 13.3. The van der Waals surface area contributed by atoms with E-state index in [0.29, 0.717) is 0 Å². The zero-order chi connectivity index (χ0) is 26.1. The SMILES string of the molecule is NC(=O)Nc1cc(NCS(=O)(=O)O)ccc1/N=N/c1ccc(S(=O)(=O)CCOSOOO)cc1Cl. The summed E-state index contributed by atoms with van der Waals surface area (Å²) in [4.78, 5) is 11.2. The molecule has 2 rings (SSSR count). The van der Waals surface area contributed by atoms with Crippen LogP contribution in [0.4, 0.5) is 27.5 Å². The number of anilines is 2. The van der Waals surface area contributed by atoms with Crippen LogP contribution in [-0.2, 0) is 33.5 Å². The van der Waals surface area contributed by atoms with Crippen LogP contribution in [0.3, 0.4) is 0 Å². The largest absolute Gasteiger partial charge is 0.370 e. The summed E-state index contributed by atoms with van der Waals surface area (Å²) >= 11 is 6.38. The van der Waals surface area contributed by atoms with Gasteiger partial charge >= 0.3 is 6.03 Å². The Bertz CT molecular complexity index is 1290. The molecule has 0 atom stereocenters. The number of primary amides is 1. The molecule has 0 spiro atoms. The van der Waals surface area contributed by atoms with Crippen LogP contribution in [0, 0.1) is 0 Å². The van der Waals surface area contributed by atoms with Gasteiger partial charge in [0.15, 0.2) is 22.2 Å². The summed E-state index contributed by atoms with van der Waals surface area (Å²) in [7, 11) is -8.07. The minimum Gasteiger partial charge on any atom is -0.370 e. The van der Waals surface area contributed by atoms with E-state index in [0.717, 1.165) is 6.07 Å². The molecule has 2 aromatic rings. The fraction of sp³-hybridized carbons (Fsp3) is 0.188. The van der Waals surface area contributed by atoms with Crippen molar-refractivity contribution in [1.29, 1.82) is 0 Å². The lowest BCUT2D eigenvalue weighted by molar-refractivity contribution is -0.434. The Hall–Kier alpha value is -2.55. The van der Waals surface area contributed by atoms with E-state index < -0.39 is 37.6 Å². The van der Waals surface area contributed by atoms with Crippen LogP contribution in [0.2, 0.25) is 5.02 Å². The Kier molecular flexibility index (Phi) is 10.6. The molecule has 2 aromatic carbocycles. The lowest BCUT2D eigenvalue weighted by atomic mass is 10.2. The fourth-order valence-electron chi connectivity index (χ4n) is 2.34. The van der Waals surface area contributed by atoms with Gasteiger partial charge in [-0.05, 0) is 36.4 Å². The average Bonchev–Trinajstić information content (AvgIpc) is 2.76. The van der Waals surface area contributed by atoms with Crippen molar-refractivity contribution in [3.05, 3.63) is 41.4 Å². The van der Waals surface area contributed by atoms with Crippen molar-refractivity contribution in [2.45, 2.75) is 4.90 Å². The molecule has 0 unspecified atom stereocenters. The number of hydrogen-bond acceptors (Lipinski definition) is 13. The van der Waals surface area contributed by atoms with Gasteiger partial charge in [-0.1, -0.05) is 16.6 Å². The first-order valence-electron chi connectivity index (χ1n) is 9.01. The Morgan fingerprint density at radius 1 is 1.11 bits per heavy atom. The third kappa shape index (κ3) is 9.92. The van der Waals surface area contributed by atoms with Crippen LogP contribution in [0.25, 0.3) is 0 Å². The summed E-state index contributed by atoms with van der Waals surface area (Å²) in [6.45, 7) is -0.278. The molecule has 19 heteroatoms. The number of nitrogens with two attached hydrogens (primary N) is 1. The van der Waals surface area contributed by atoms with E-state index in [1.807, 2.05) is 0 Å². The van der Waals surface area contributed by atoms with Gasteiger partial charge in [0.2, 0.25) is 0 Å². The van der Waals surface area contributed by atoms with Crippen LogP contribution >= 0.6 is 23.9 Å². The molecular formula is C16H18ClN5O10S3. The van der Waals surface area contributed by atoms with Gasteiger partial charge in [-0.3, -0.25) is 8.74 Å². The maximum Gasteiger partial charge on any atom is 0.316 e. The second-order valence-electron chi connectivity index (χ2n) is 6.29. The average molecular weight is 572 g/mol. The van der Waals surface area contributed by atoms with Crippen LogP contribution in [0.15, 0.2) is 51.5 Å². The van der Waals surface area contributed by atoms with Crippen molar-refractivity contribution in [3.63, 3.8) is 0 Å². The maximum absolute atomic E-state index is 12.4. The highest BCUT2D eigenvalue weighted by Gasteiger charge is 2.17. The third-order valence-electron chi connectivity index (χ3n) is 3.80. The minimum absolute atomic E-state index is 0.0435. The van der Waals surface area contributed by atoms with E-state index in [1.54, 1.807) is 0 Å². The van der Waals surface area contributed by atoms with Crippen molar-refractivity contribution in [2.75, 3.05) is 28.9 Å². The predicted molar refractivity (Wildman–Crippen MR) is 126 cm³/mol. The lowest BCUT2D eigenvalue weighted by Crippen LogP contribution is -2.19. The summed E-state index contributed by atoms with van der Waals surface area (Å²) < 4.78 is 64.1. The lowest BCUT2D eigenvalue weighted by Gasteiger charge is -2.10. The summed E-state index contributed by atoms with van der Waals surface area (Å²) in [6, 6.07) is 6.87. The number of benzene rings is 2. The molecule has 0 heterocycles. The Morgan fingerprint density at radius 2 is 1.80 bits per heavy atom. The zero-order valence-corrected chi connectivity index (χ0v) is 20.5. The molecule has 2 amide bonds. The maximum atomic E-state index is 12.4. The molecule has 0 radical (unpaired) electrons. The topological polar surface area (TPSA) is 228 Å². The van der Waals surface area contributed by atoms with Crippen LogP contribution < -0.4 is 16.4 Å². The van der Waals surface area contributed by atoms with Crippen LogP contribution in [-0.4, -0.2) is 50.9 Å². The number of nitrogens with one attached hydrogen (secondary N) is 2. The number of halogens is 1. The van der Waals surface area contributed by atoms with Crippen molar-refractivity contribution in [3.8, 4) is 0 Å². The van der Waals surface area contributed by atoms with Crippen molar-refractivity contribution in [1.82, 2.24) is 0 Å². The second-order valence-corrected chi connectivity index (χ2v) is 10.8. The molecule has 0 saturated heterocycles. The van der Waals surface area contributed by atoms with Gasteiger partial charge in [0.25, 0.3) is 10.1 Å². The van der Waals surface area contributed by atoms with Gasteiger partial charge in [-0.2, -0.15) is 8.42 Å². The normalized spacial score (nSPS) is 12.1. The van der Waals surface area contributed by atoms with Gasteiger partial charge in [-0.15, -0.1) is 14.6 Å². The number of carbonyl (C=O) groups is 1. The molecular weight excluding hydrogens is 554 g/mol.